The van der Waals surface area contributed by atoms with Gasteiger partial charge < -0.3 is 10.2 Å². The monoisotopic (exact) mass is 626 g/mol. The van der Waals surface area contributed by atoms with Crippen LogP contribution < -0.4 is 0 Å². The van der Waals surface area contributed by atoms with Gasteiger partial charge in [0.05, 0.1) is 16.3 Å². The van der Waals surface area contributed by atoms with Gasteiger partial charge in [-0.25, -0.2) is 9.97 Å². The average Bonchev–Trinajstić information content (AvgIpc) is 3.30. The maximum atomic E-state index is 13.4. The van der Waals surface area contributed by atoms with Crippen LogP contribution >= 0.6 is 23.2 Å². The molecule has 1 saturated carbocycles. The molecule has 5 rings (SSSR count). The standard InChI is InChI=1S/C37H36Cl2N2O3/c1-24-23-40-37(39)41-36(24)29-17-15-28(16-18-29)30(20-33(42)31-21-32(38)35(44)22-34(31)43)14-13-27-10-6-9-26(19-27)12-11-25-7-4-2-3-5-8-25/h6,9-11,15-23,43-44H,2-5,7-8,12-14H2,1H3. The van der Waals surface area contributed by atoms with Crippen LogP contribution in [0.3, 0.4) is 0 Å². The topological polar surface area (TPSA) is 83.3 Å². The van der Waals surface area contributed by atoms with Crippen LogP contribution in [0, 0.1) is 6.92 Å². The smallest absolute Gasteiger partial charge is 0.222 e. The molecule has 0 radical (unpaired) electrons. The van der Waals surface area contributed by atoms with Crippen LogP contribution in [0.25, 0.3) is 16.8 Å². The Kier molecular flexibility index (Phi) is 10.5. The van der Waals surface area contributed by atoms with Crippen molar-refractivity contribution in [2.75, 3.05) is 0 Å². The molecule has 0 unspecified atom stereocenters. The van der Waals surface area contributed by atoms with E-state index in [1.165, 1.54) is 55.7 Å². The molecule has 44 heavy (non-hydrogen) atoms. The van der Waals surface area contributed by atoms with Crippen molar-refractivity contribution < 1.29 is 15.0 Å². The van der Waals surface area contributed by atoms with Gasteiger partial charge in [-0.3, -0.25) is 4.79 Å². The van der Waals surface area contributed by atoms with Gasteiger partial charge >= 0.3 is 0 Å². The molecule has 0 atom stereocenters. The van der Waals surface area contributed by atoms with Crippen molar-refractivity contribution in [1.29, 1.82) is 0 Å². The number of benzene rings is 3. The average molecular weight is 628 g/mol. The van der Waals surface area contributed by atoms with E-state index >= 15 is 0 Å². The molecule has 0 amide bonds. The highest BCUT2D eigenvalue weighted by molar-refractivity contribution is 6.32. The summed E-state index contributed by atoms with van der Waals surface area (Å²) in [5.41, 5.74) is 8.32. The summed E-state index contributed by atoms with van der Waals surface area (Å²) in [6.45, 7) is 1.93. The quantitative estimate of drug-likeness (QED) is 0.0635. The lowest BCUT2D eigenvalue weighted by atomic mass is 9.93. The first kappa shape index (κ1) is 31.5. The Labute approximate surface area is 268 Å². The van der Waals surface area contributed by atoms with Gasteiger partial charge in [-0.1, -0.05) is 84.6 Å². The molecular formula is C37H36Cl2N2O3. The summed E-state index contributed by atoms with van der Waals surface area (Å²) in [6.07, 6.45) is 15.6. The minimum atomic E-state index is -0.398. The number of hydrogen-bond donors (Lipinski definition) is 2. The third-order valence-electron chi connectivity index (χ3n) is 8.15. The molecule has 2 N–H and O–H groups in total. The molecule has 0 aliphatic heterocycles. The highest BCUT2D eigenvalue weighted by atomic mass is 35.5. The molecule has 7 heteroatoms. The Balaban J connectivity index is 1.41. The largest absolute Gasteiger partial charge is 0.507 e. The van der Waals surface area contributed by atoms with Gasteiger partial charge in [-0.05, 0) is 103 Å². The first-order valence-electron chi connectivity index (χ1n) is 15.1. The molecule has 1 aliphatic rings. The van der Waals surface area contributed by atoms with Crippen molar-refractivity contribution in [2.45, 2.75) is 64.7 Å². The van der Waals surface area contributed by atoms with Crippen LogP contribution in [-0.4, -0.2) is 26.0 Å². The molecule has 0 saturated heterocycles. The second kappa shape index (κ2) is 14.7. The number of halogens is 2. The van der Waals surface area contributed by atoms with Gasteiger partial charge in [0.1, 0.15) is 11.5 Å². The Morgan fingerprint density at radius 1 is 0.909 bits per heavy atom. The number of carbonyl (C=O) groups excluding carboxylic acids is 1. The lowest BCUT2D eigenvalue weighted by molar-refractivity contribution is 0.104. The first-order chi connectivity index (χ1) is 21.3. The molecular weight excluding hydrogens is 591 g/mol. The number of phenolic OH excluding ortho intramolecular Hbond substituents is 2. The van der Waals surface area contributed by atoms with E-state index in [-0.39, 0.29) is 27.4 Å². The molecule has 4 aromatic rings. The Hall–Kier alpha value is -3.93. The summed E-state index contributed by atoms with van der Waals surface area (Å²) in [6, 6.07) is 18.9. The van der Waals surface area contributed by atoms with Gasteiger partial charge in [0.2, 0.25) is 5.28 Å². The summed E-state index contributed by atoms with van der Waals surface area (Å²) in [7, 11) is 0. The number of rotatable bonds is 9. The molecule has 1 aliphatic carbocycles. The molecule has 1 fully saturated rings. The SMILES string of the molecule is Cc1cnc(Cl)nc1-c1ccc(C(=CC(=O)c2cc(Cl)c(O)cc2O)CCc2cccc(CC=C3CCCCCC3)c2)cc1. The number of allylic oxidation sites excluding steroid dienone is 4. The predicted molar refractivity (Wildman–Crippen MR) is 179 cm³/mol. The summed E-state index contributed by atoms with van der Waals surface area (Å²) >= 11 is 12.1. The number of aromatic hydroxyl groups is 2. The Morgan fingerprint density at radius 3 is 2.39 bits per heavy atom. The summed E-state index contributed by atoms with van der Waals surface area (Å²) in [5, 5.41) is 20.4. The van der Waals surface area contributed by atoms with Gasteiger partial charge in [-0.2, -0.15) is 0 Å². The van der Waals surface area contributed by atoms with E-state index in [1.54, 1.807) is 17.8 Å². The molecule has 1 aromatic heterocycles. The third-order valence-corrected chi connectivity index (χ3v) is 8.64. The van der Waals surface area contributed by atoms with E-state index < -0.39 is 5.78 Å². The third kappa shape index (κ3) is 8.16. The van der Waals surface area contributed by atoms with E-state index in [0.717, 1.165) is 46.9 Å². The zero-order chi connectivity index (χ0) is 31.1. The van der Waals surface area contributed by atoms with Crippen molar-refractivity contribution >= 4 is 34.6 Å². The molecule has 0 bridgehead atoms. The first-order valence-corrected chi connectivity index (χ1v) is 15.8. The van der Waals surface area contributed by atoms with Gasteiger partial charge in [0.25, 0.3) is 0 Å². The fraction of sp³-hybridized carbons (Fsp3) is 0.270. The van der Waals surface area contributed by atoms with E-state index in [9.17, 15) is 15.0 Å². The number of aromatic nitrogens is 2. The van der Waals surface area contributed by atoms with Gasteiger partial charge in [0, 0.05) is 17.8 Å². The van der Waals surface area contributed by atoms with Crippen LogP contribution in [0.15, 0.2) is 84.6 Å². The number of carbonyl (C=O) groups is 1. The maximum absolute atomic E-state index is 13.4. The fourth-order valence-corrected chi connectivity index (χ4v) is 5.98. The van der Waals surface area contributed by atoms with E-state index in [0.29, 0.717) is 6.42 Å². The van der Waals surface area contributed by atoms with Crippen LogP contribution in [0.1, 0.15) is 77.6 Å². The van der Waals surface area contributed by atoms with Crippen LogP contribution in [0.2, 0.25) is 10.3 Å². The van der Waals surface area contributed by atoms with Crippen molar-refractivity contribution in [1.82, 2.24) is 9.97 Å². The lowest BCUT2D eigenvalue weighted by Crippen LogP contribution is -2.00. The summed E-state index contributed by atoms with van der Waals surface area (Å²) < 4.78 is 0. The van der Waals surface area contributed by atoms with Gasteiger partial charge in [0.15, 0.2) is 5.78 Å². The zero-order valence-electron chi connectivity index (χ0n) is 24.8. The van der Waals surface area contributed by atoms with Crippen molar-refractivity contribution in [3.05, 3.63) is 123 Å². The summed E-state index contributed by atoms with van der Waals surface area (Å²) in [4.78, 5) is 21.8. The minimum absolute atomic E-state index is 0.0000306. The highest BCUT2D eigenvalue weighted by Crippen LogP contribution is 2.33. The number of ketones is 1. The van der Waals surface area contributed by atoms with E-state index in [2.05, 4.69) is 40.3 Å². The Morgan fingerprint density at radius 2 is 1.64 bits per heavy atom. The molecule has 3 aromatic carbocycles. The van der Waals surface area contributed by atoms with E-state index in [1.807, 2.05) is 31.2 Å². The highest BCUT2D eigenvalue weighted by Gasteiger charge is 2.16. The number of aryl methyl sites for hydroxylation is 2. The van der Waals surface area contributed by atoms with Gasteiger partial charge in [-0.15, -0.1) is 0 Å². The normalized spacial score (nSPS) is 13.9. The van der Waals surface area contributed by atoms with E-state index in [4.69, 9.17) is 23.2 Å². The fourth-order valence-electron chi connectivity index (χ4n) is 5.68. The molecule has 0 spiro atoms. The van der Waals surface area contributed by atoms with Crippen molar-refractivity contribution in [3.63, 3.8) is 0 Å². The van der Waals surface area contributed by atoms with Crippen LogP contribution in [-0.2, 0) is 12.8 Å². The number of hydrogen-bond acceptors (Lipinski definition) is 5. The molecule has 1 heterocycles. The number of phenols is 2. The zero-order valence-corrected chi connectivity index (χ0v) is 26.3. The second-order valence-electron chi connectivity index (χ2n) is 11.4. The van der Waals surface area contributed by atoms with Crippen molar-refractivity contribution in [3.8, 4) is 22.8 Å². The minimum Gasteiger partial charge on any atom is -0.507 e. The summed E-state index contributed by atoms with van der Waals surface area (Å²) in [5.74, 6) is -1.00. The lowest BCUT2D eigenvalue weighted by Gasteiger charge is -2.12. The molecule has 226 valence electrons. The Bertz CT molecular complexity index is 1700. The second-order valence-corrected chi connectivity index (χ2v) is 12.1. The van der Waals surface area contributed by atoms with Crippen molar-refractivity contribution in [2.24, 2.45) is 0 Å². The van der Waals surface area contributed by atoms with Crippen LogP contribution in [0.4, 0.5) is 0 Å². The predicted octanol–water partition coefficient (Wildman–Crippen LogP) is 9.89. The number of nitrogens with zero attached hydrogens (tertiary/aromatic N) is 2. The maximum Gasteiger partial charge on any atom is 0.222 e. The van der Waals surface area contributed by atoms with Crippen LogP contribution in [0.5, 0.6) is 11.5 Å². The molecule has 5 nitrogen and oxygen atoms in total.